The Morgan fingerprint density at radius 2 is 2.00 bits per heavy atom. The highest BCUT2D eigenvalue weighted by Gasteiger charge is 2.28. The van der Waals surface area contributed by atoms with E-state index in [1.54, 1.807) is 0 Å². The van der Waals surface area contributed by atoms with E-state index in [0.717, 1.165) is 31.2 Å². The van der Waals surface area contributed by atoms with Gasteiger partial charge in [-0.3, -0.25) is 0 Å². The molecule has 2 aliphatic heterocycles. The van der Waals surface area contributed by atoms with Crippen molar-refractivity contribution in [3.8, 4) is 0 Å². The van der Waals surface area contributed by atoms with Crippen LogP contribution in [0.3, 0.4) is 0 Å². The molecule has 118 valence electrons. The summed E-state index contributed by atoms with van der Waals surface area (Å²) >= 11 is 0. The van der Waals surface area contributed by atoms with Crippen molar-refractivity contribution >= 4 is 10.9 Å². The molecule has 0 spiro atoms. The number of piperidine rings is 1. The van der Waals surface area contributed by atoms with Crippen LogP contribution in [0.5, 0.6) is 0 Å². The fraction of sp³-hybridized carbons (Fsp3) is 0.444. The summed E-state index contributed by atoms with van der Waals surface area (Å²) in [4.78, 5) is 0. The third-order valence-corrected chi connectivity index (χ3v) is 5.30. The second-order valence-corrected chi connectivity index (χ2v) is 6.84. The van der Waals surface area contributed by atoms with E-state index in [1.807, 2.05) is 0 Å². The number of para-hydroxylation sites is 1. The largest absolute Gasteiger partial charge is 0.340 e. The van der Waals surface area contributed by atoms with E-state index in [-0.39, 0.29) is 0 Å². The topological polar surface area (TPSA) is 47.7 Å². The summed E-state index contributed by atoms with van der Waals surface area (Å²) in [6, 6.07) is 11.8. The van der Waals surface area contributed by atoms with Crippen LogP contribution in [-0.4, -0.2) is 31.4 Å². The second-order valence-electron chi connectivity index (χ2n) is 6.84. The molecule has 1 fully saturated rings. The van der Waals surface area contributed by atoms with Crippen LogP contribution in [0.15, 0.2) is 36.5 Å². The molecule has 3 aromatic rings. The molecule has 4 heterocycles. The van der Waals surface area contributed by atoms with Crippen LogP contribution in [0.1, 0.15) is 30.9 Å². The van der Waals surface area contributed by atoms with Crippen molar-refractivity contribution in [2.24, 2.45) is 0 Å². The van der Waals surface area contributed by atoms with Gasteiger partial charge in [0, 0.05) is 36.8 Å². The first-order valence-corrected chi connectivity index (χ1v) is 8.58. The van der Waals surface area contributed by atoms with Gasteiger partial charge in [0.2, 0.25) is 0 Å². The Balaban J connectivity index is 1.50. The van der Waals surface area contributed by atoms with Gasteiger partial charge in [0.05, 0.1) is 6.54 Å². The molecule has 0 radical (unpaired) electrons. The fourth-order valence-corrected chi connectivity index (χ4v) is 4.14. The molecule has 2 aromatic heterocycles. The quantitative estimate of drug-likeness (QED) is 0.790. The lowest BCUT2D eigenvalue weighted by Gasteiger charge is -2.27. The molecule has 0 saturated carbocycles. The number of hydrogen-bond acceptors (Lipinski definition) is 3. The first-order chi connectivity index (χ1) is 11.4. The Morgan fingerprint density at radius 1 is 1.09 bits per heavy atom. The summed E-state index contributed by atoms with van der Waals surface area (Å²) < 4.78 is 4.63. The minimum atomic E-state index is 0.575. The summed E-state index contributed by atoms with van der Waals surface area (Å²) in [6.07, 6.45) is 7.02. The molecule has 5 nitrogen and oxygen atoms in total. The molecule has 2 unspecified atom stereocenters. The van der Waals surface area contributed by atoms with Crippen LogP contribution < -0.4 is 5.32 Å². The van der Waals surface area contributed by atoms with Crippen LogP contribution in [0.4, 0.5) is 0 Å². The van der Waals surface area contributed by atoms with Gasteiger partial charge in [-0.25, -0.2) is 0 Å². The summed E-state index contributed by atoms with van der Waals surface area (Å²) in [5, 5.41) is 14.1. The average molecular weight is 307 g/mol. The Bertz CT molecular complexity index is 846. The molecular formula is C18H21N5. The molecule has 2 aliphatic rings. The number of nitrogens with zero attached hydrogens (tertiary/aromatic N) is 4. The molecule has 2 bridgehead atoms. The smallest absolute Gasteiger partial charge is 0.153 e. The number of hydrogen-bond donors (Lipinski definition) is 1. The van der Waals surface area contributed by atoms with Gasteiger partial charge in [-0.2, -0.15) is 0 Å². The highest BCUT2D eigenvalue weighted by molar-refractivity contribution is 5.79. The lowest BCUT2D eigenvalue weighted by Crippen LogP contribution is -2.43. The minimum absolute atomic E-state index is 0.575. The number of benzene rings is 1. The van der Waals surface area contributed by atoms with Crippen molar-refractivity contribution in [3.05, 3.63) is 48.2 Å². The summed E-state index contributed by atoms with van der Waals surface area (Å²) in [6.45, 7) is 1.80. The van der Waals surface area contributed by atoms with E-state index in [0.29, 0.717) is 12.1 Å². The van der Waals surface area contributed by atoms with E-state index in [9.17, 15) is 0 Å². The monoisotopic (exact) mass is 307 g/mol. The van der Waals surface area contributed by atoms with Crippen molar-refractivity contribution in [2.75, 3.05) is 0 Å². The van der Waals surface area contributed by atoms with Crippen molar-refractivity contribution in [1.82, 2.24) is 24.6 Å². The number of rotatable bonds is 2. The summed E-state index contributed by atoms with van der Waals surface area (Å²) in [5.41, 5.74) is 1.26. The van der Waals surface area contributed by atoms with Crippen LogP contribution in [0.2, 0.25) is 0 Å². The van der Waals surface area contributed by atoms with Gasteiger partial charge in [0.1, 0.15) is 5.82 Å². The van der Waals surface area contributed by atoms with Crippen LogP contribution >= 0.6 is 0 Å². The zero-order valence-electron chi connectivity index (χ0n) is 13.2. The summed E-state index contributed by atoms with van der Waals surface area (Å²) in [5.74, 6) is 2.23. The third-order valence-electron chi connectivity index (χ3n) is 5.30. The Morgan fingerprint density at radius 3 is 3.00 bits per heavy atom. The Hall–Kier alpha value is -2.14. The zero-order valence-corrected chi connectivity index (χ0v) is 13.2. The predicted molar refractivity (Wildman–Crippen MR) is 89.3 cm³/mol. The van der Waals surface area contributed by atoms with Crippen molar-refractivity contribution in [1.29, 1.82) is 0 Å². The van der Waals surface area contributed by atoms with Crippen molar-refractivity contribution in [2.45, 2.75) is 50.9 Å². The molecule has 2 atom stereocenters. The lowest BCUT2D eigenvalue weighted by molar-refractivity contribution is 0.313. The first-order valence-electron chi connectivity index (χ1n) is 8.58. The van der Waals surface area contributed by atoms with Crippen LogP contribution in [0, 0.1) is 0 Å². The molecule has 5 heteroatoms. The summed E-state index contributed by atoms with van der Waals surface area (Å²) in [7, 11) is 0. The molecule has 1 saturated heterocycles. The highest BCUT2D eigenvalue weighted by atomic mass is 15.3. The maximum atomic E-state index is 4.51. The van der Waals surface area contributed by atoms with Gasteiger partial charge >= 0.3 is 0 Å². The minimum Gasteiger partial charge on any atom is -0.340 e. The van der Waals surface area contributed by atoms with E-state index >= 15 is 0 Å². The predicted octanol–water partition coefficient (Wildman–Crippen LogP) is 2.35. The van der Waals surface area contributed by atoms with Crippen molar-refractivity contribution < 1.29 is 0 Å². The molecule has 23 heavy (non-hydrogen) atoms. The maximum Gasteiger partial charge on any atom is 0.153 e. The highest BCUT2D eigenvalue weighted by Crippen LogP contribution is 2.23. The number of fused-ring (bicyclic) bond motifs is 4. The van der Waals surface area contributed by atoms with E-state index < -0.39 is 0 Å². The average Bonchev–Trinajstić information content (AvgIpc) is 3.11. The van der Waals surface area contributed by atoms with Crippen LogP contribution in [-0.2, 0) is 19.5 Å². The maximum absolute atomic E-state index is 4.51. The Labute approximate surface area is 135 Å². The first kappa shape index (κ1) is 13.3. The second kappa shape index (κ2) is 5.20. The SMILES string of the molecule is c1ccc2c(c1)ccn2Cc1nnc2n1CC1CCCC(C2)N1. The van der Waals surface area contributed by atoms with Gasteiger partial charge in [-0.1, -0.05) is 24.6 Å². The van der Waals surface area contributed by atoms with Gasteiger partial charge in [0.15, 0.2) is 5.82 Å². The molecule has 0 amide bonds. The van der Waals surface area contributed by atoms with Gasteiger partial charge < -0.3 is 14.5 Å². The van der Waals surface area contributed by atoms with E-state index in [1.165, 1.54) is 30.2 Å². The van der Waals surface area contributed by atoms with E-state index in [4.69, 9.17) is 0 Å². The van der Waals surface area contributed by atoms with E-state index in [2.05, 4.69) is 61.2 Å². The van der Waals surface area contributed by atoms with Gasteiger partial charge in [-0.15, -0.1) is 10.2 Å². The molecule has 0 aliphatic carbocycles. The number of nitrogens with one attached hydrogen (secondary N) is 1. The third kappa shape index (κ3) is 2.27. The van der Waals surface area contributed by atoms with Gasteiger partial charge in [-0.05, 0) is 30.4 Å². The molecule has 1 N–H and O–H groups in total. The standard InChI is InChI=1S/C18H21N5/c1-2-7-16-13(4-1)8-9-22(16)12-18-21-20-17-10-14-5-3-6-15(19-14)11-23(17)18/h1-2,4,7-9,14-15,19H,3,5-6,10-12H2. The van der Waals surface area contributed by atoms with Crippen LogP contribution in [0.25, 0.3) is 10.9 Å². The number of aromatic nitrogens is 4. The normalized spacial score (nSPS) is 23.7. The zero-order chi connectivity index (χ0) is 15.2. The van der Waals surface area contributed by atoms with Crippen molar-refractivity contribution in [3.63, 3.8) is 0 Å². The molecule has 1 aromatic carbocycles. The lowest BCUT2D eigenvalue weighted by atomic mass is 9.98. The molecule has 5 rings (SSSR count). The fourth-order valence-electron chi connectivity index (χ4n) is 4.14. The Kier molecular flexibility index (Phi) is 3.01. The van der Waals surface area contributed by atoms with Gasteiger partial charge in [0.25, 0.3) is 0 Å². The molecular weight excluding hydrogens is 286 g/mol.